The zero-order valence-electron chi connectivity index (χ0n) is 13.3. The van der Waals surface area contributed by atoms with Crippen LogP contribution in [0.25, 0.3) is 0 Å². The fourth-order valence-corrected chi connectivity index (χ4v) is 1.54. The van der Waals surface area contributed by atoms with E-state index in [-0.39, 0.29) is 6.61 Å². The van der Waals surface area contributed by atoms with Crippen molar-refractivity contribution in [2.45, 2.75) is 26.1 Å². The molecule has 0 radical (unpaired) electrons. The predicted octanol–water partition coefficient (Wildman–Crippen LogP) is -4.69. The second kappa shape index (κ2) is 19.0. The average molecular weight is 518 g/mol. The van der Waals surface area contributed by atoms with Crippen LogP contribution in [0.4, 0.5) is 0 Å². The van der Waals surface area contributed by atoms with Gasteiger partial charge in [0.05, 0.1) is 37.3 Å². The normalized spacial score (nSPS) is 11.1. The van der Waals surface area contributed by atoms with Crippen LogP contribution in [-0.4, -0.2) is 52.6 Å². The third-order valence-corrected chi connectivity index (χ3v) is 3.52. The van der Waals surface area contributed by atoms with E-state index in [9.17, 15) is 19.8 Å². The Bertz CT molecular complexity index is 379. The second-order valence-corrected chi connectivity index (χ2v) is 7.23. The maximum atomic E-state index is 9.34. The zero-order chi connectivity index (χ0) is 18.8. The molecule has 0 aromatic heterocycles. The molecule has 1 aromatic rings. The molecule has 0 fully saturated rings. The standard InChI is InChI=1S/C6H5.2C3H6O3.C2H7NO.Hg/c1-2-4-6-5-3-1;2*1-2(4)3(5)6;3-1-2-4;/h1-5H;2*2,4H,1H3,(H,5,6);4H,1-3H2;/q;;;;+1/p-1. The minimum atomic E-state index is -1.44. The Morgan fingerprint density at radius 2 is 1.35 bits per heavy atom. The van der Waals surface area contributed by atoms with E-state index in [4.69, 9.17) is 15.3 Å². The summed E-state index contributed by atoms with van der Waals surface area (Å²) in [5.41, 5.74) is 3.35. The van der Waals surface area contributed by atoms with Crippen LogP contribution in [0.15, 0.2) is 30.3 Å². The number of benzene rings is 1. The predicted molar refractivity (Wildman–Crippen MR) is 74.3 cm³/mol. The van der Waals surface area contributed by atoms with Crippen molar-refractivity contribution in [1.82, 2.24) is 0 Å². The summed E-state index contributed by atoms with van der Waals surface area (Å²) >= 11 is 0.810. The number of hydrogen-bond acceptors (Lipinski definition) is 7. The number of carboxylic acids is 2. The number of aliphatic hydroxyl groups is 3. The molecule has 0 aliphatic rings. The van der Waals surface area contributed by atoms with Crippen LogP contribution in [0, 0.1) is 0 Å². The van der Waals surface area contributed by atoms with Gasteiger partial charge in [-0.3, -0.25) is 0 Å². The van der Waals surface area contributed by atoms with Gasteiger partial charge in [-0.25, -0.2) is 0 Å². The Kier molecular flexibility index (Phi) is 22.1. The number of quaternary nitrogens is 1. The van der Waals surface area contributed by atoms with E-state index in [2.05, 4.69) is 36.1 Å². The summed E-state index contributed by atoms with van der Waals surface area (Å²) in [5.74, 6) is -2.87. The molecule has 1 aromatic carbocycles. The molecule has 0 saturated heterocycles. The van der Waals surface area contributed by atoms with Gasteiger partial charge >= 0.3 is 59.5 Å². The molecule has 0 heterocycles. The van der Waals surface area contributed by atoms with Gasteiger partial charge in [-0.2, -0.15) is 0 Å². The van der Waals surface area contributed by atoms with Gasteiger partial charge in [0.15, 0.2) is 0 Å². The number of carbonyl (C=O) groups excluding carboxylic acids is 2. The van der Waals surface area contributed by atoms with Gasteiger partial charge in [0.1, 0.15) is 0 Å². The van der Waals surface area contributed by atoms with Crippen molar-refractivity contribution in [1.29, 1.82) is 0 Å². The molecule has 0 aliphatic carbocycles. The molecule has 128 valence electrons. The first-order valence-corrected chi connectivity index (χ1v) is 9.39. The Balaban J connectivity index is -0.000000237. The molecular weight excluding hydrogens is 495 g/mol. The van der Waals surface area contributed by atoms with Crippen LogP contribution in [-0.2, 0) is 35.7 Å². The molecule has 9 heteroatoms. The Hall–Kier alpha value is -1.06. The average Bonchev–Trinajstić information content (AvgIpc) is 2.49. The zero-order valence-corrected chi connectivity index (χ0v) is 18.8. The van der Waals surface area contributed by atoms with Crippen LogP contribution >= 0.6 is 0 Å². The van der Waals surface area contributed by atoms with Crippen molar-refractivity contribution < 1.29 is 67.0 Å². The summed E-state index contributed by atoms with van der Waals surface area (Å²) in [5, 5.41) is 42.4. The van der Waals surface area contributed by atoms with Gasteiger partial charge < -0.3 is 40.9 Å². The van der Waals surface area contributed by atoms with Crippen LogP contribution in [0.2, 0.25) is 0 Å². The Labute approximate surface area is 151 Å². The van der Waals surface area contributed by atoms with Gasteiger partial charge in [-0.15, -0.1) is 0 Å². The number of aliphatic carboxylic acids is 2. The summed E-state index contributed by atoms with van der Waals surface area (Å²) in [7, 11) is 0. The maximum Gasteiger partial charge on any atom is 0.0974 e. The largest absolute Gasteiger partial charge is 0.391 e. The molecule has 1 rings (SSSR count). The van der Waals surface area contributed by atoms with E-state index in [1.54, 1.807) is 0 Å². The summed E-state index contributed by atoms with van der Waals surface area (Å²) in [4.78, 5) is 18.7. The van der Waals surface area contributed by atoms with Crippen molar-refractivity contribution in [2.24, 2.45) is 0 Å². The van der Waals surface area contributed by atoms with Crippen LogP contribution in [0.1, 0.15) is 13.8 Å². The molecule has 0 spiro atoms. The van der Waals surface area contributed by atoms with Crippen LogP contribution in [0.3, 0.4) is 0 Å². The topological polar surface area (TPSA) is 169 Å². The SMILES string of the molecule is CC(O)C(=O)[O-].CC(O)C(=O)[O-].[Hg+][c]1ccccc1.[NH3+]CCO. The summed E-state index contributed by atoms with van der Waals surface area (Å²) < 4.78 is 1.52. The molecule has 0 saturated carbocycles. The smallest absolute Gasteiger partial charge is 0.0974 e. The molecule has 2 atom stereocenters. The van der Waals surface area contributed by atoms with Crippen molar-refractivity contribution in [3.8, 4) is 0 Å². The third-order valence-electron chi connectivity index (χ3n) is 1.68. The van der Waals surface area contributed by atoms with Crippen LogP contribution < -0.4 is 19.0 Å². The first kappa shape index (κ1) is 26.8. The van der Waals surface area contributed by atoms with Crippen molar-refractivity contribution in [3.05, 3.63) is 30.3 Å². The fraction of sp³-hybridized carbons (Fsp3) is 0.429. The number of rotatable bonds is 3. The summed E-state index contributed by atoms with van der Waals surface area (Å²) in [6.45, 7) is 3.10. The second-order valence-electron chi connectivity index (χ2n) is 4.05. The van der Waals surface area contributed by atoms with Gasteiger partial charge in [-0.05, 0) is 13.8 Å². The first-order valence-electron chi connectivity index (χ1n) is 6.65. The van der Waals surface area contributed by atoms with Gasteiger partial charge in [0.2, 0.25) is 0 Å². The van der Waals surface area contributed by atoms with Crippen molar-refractivity contribution in [2.75, 3.05) is 13.2 Å². The van der Waals surface area contributed by atoms with E-state index in [0.717, 1.165) is 40.0 Å². The number of hydrogen-bond donors (Lipinski definition) is 4. The molecule has 23 heavy (non-hydrogen) atoms. The van der Waals surface area contributed by atoms with E-state index < -0.39 is 24.1 Å². The quantitative estimate of drug-likeness (QED) is 0.292. The number of carbonyl (C=O) groups is 2. The van der Waals surface area contributed by atoms with Gasteiger partial charge in [0.25, 0.3) is 0 Å². The van der Waals surface area contributed by atoms with E-state index in [1.165, 1.54) is 3.07 Å². The molecule has 2 unspecified atom stereocenters. The van der Waals surface area contributed by atoms with Crippen LogP contribution in [0.5, 0.6) is 0 Å². The molecule has 0 amide bonds. The van der Waals surface area contributed by atoms with E-state index >= 15 is 0 Å². The van der Waals surface area contributed by atoms with Crippen molar-refractivity contribution in [3.63, 3.8) is 0 Å². The third kappa shape index (κ3) is 29.6. The van der Waals surface area contributed by atoms with Gasteiger partial charge in [0, 0.05) is 0 Å². The monoisotopic (exact) mass is 519 g/mol. The molecule has 0 bridgehead atoms. The molecule has 0 aliphatic heterocycles. The maximum absolute atomic E-state index is 9.34. The fourth-order valence-electron chi connectivity index (χ4n) is 0.478. The van der Waals surface area contributed by atoms with Gasteiger partial charge in [-0.1, -0.05) is 0 Å². The first-order chi connectivity index (χ1) is 10.6. The molecule has 6 N–H and O–H groups in total. The Morgan fingerprint density at radius 3 is 1.43 bits per heavy atom. The molecular formula is C14H23HgNO7. The summed E-state index contributed by atoms with van der Waals surface area (Å²) in [6, 6.07) is 10.6. The number of carboxylic acid groups (broad SMARTS) is 2. The van der Waals surface area contributed by atoms with Crippen molar-refractivity contribution >= 4 is 15.0 Å². The van der Waals surface area contributed by atoms with E-state index in [0.29, 0.717) is 6.54 Å². The number of aliphatic hydroxyl groups excluding tert-OH is 3. The Morgan fingerprint density at radius 1 is 1.09 bits per heavy atom. The van der Waals surface area contributed by atoms with E-state index in [1.807, 2.05) is 0 Å². The summed E-state index contributed by atoms with van der Waals surface area (Å²) in [6.07, 6.45) is -2.69. The minimum Gasteiger partial charge on any atom is -0.391 e. The minimum absolute atomic E-state index is 0.208. The molecule has 8 nitrogen and oxygen atoms in total.